The molecule has 1 atom stereocenters. The van der Waals surface area contributed by atoms with Crippen LogP contribution in [-0.2, 0) is 28.6 Å². The van der Waals surface area contributed by atoms with Crippen LogP contribution in [-0.4, -0.2) is 37.2 Å². The summed E-state index contributed by atoms with van der Waals surface area (Å²) < 4.78 is 16.8. The molecule has 69 heavy (non-hydrogen) atoms. The molecule has 0 radical (unpaired) electrons. The van der Waals surface area contributed by atoms with Crippen LogP contribution in [0.3, 0.4) is 0 Å². The minimum absolute atomic E-state index is 0.0910. The number of unbranched alkanes of at least 4 members (excludes halogenated alkanes) is 27. The largest absolute Gasteiger partial charge is 0.462 e. The van der Waals surface area contributed by atoms with Crippen molar-refractivity contribution in [3.63, 3.8) is 0 Å². The van der Waals surface area contributed by atoms with Gasteiger partial charge >= 0.3 is 17.9 Å². The van der Waals surface area contributed by atoms with Crippen LogP contribution in [0.1, 0.15) is 278 Å². The third-order valence-corrected chi connectivity index (χ3v) is 12.4. The van der Waals surface area contributed by atoms with E-state index in [-0.39, 0.29) is 31.1 Å². The zero-order chi connectivity index (χ0) is 50.0. The van der Waals surface area contributed by atoms with Crippen LogP contribution in [0.4, 0.5) is 0 Å². The van der Waals surface area contributed by atoms with Crippen molar-refractivity contribution in [2.24, 2.45) is 0 Å². The molecule has 0 aromatic carbocycles. The summed E-state index contributed by atoms with van der Waals surface area (Å²) >= 11 is 0. The Morgan fingerprint density at radius 2 is 0.565 bits per heavy atom. The van der Waals surface area contributed by atoms with Crippen molar-refractivity contribution in [3.05, 3.63) is 85.1 Å². The van der Waals surface area contributed by atoms with E-state index in [1.165, 1.54) is 116 Å². The molecule has 0 aliphatic carbocycles. The Hall–Kier alpha value is -3.41. The van der Waals surface area contributed by atoms with Crippen molar-refractivity contribution in [3.8, 4) is 0 Å². The first kappa shape index (κ1) is 65.6. The Bertz CT molecular complexity index is 1330. The number of allylic oxidation sites excluding steroid dienone is 14. The minimum atomic E-state index is -0.797. The number of carbonyl (C=O) groups excluding carboxylic acids is 3. The SMILES string of the molecule is CC/C=C\C/C=C\C/C=C\C/C=C\C/C=C\CCCCCC(=O)OC[C@H](COC(=O)CCCCCCCCCCCCCCCCCCC)OC(=O)CCCCCCC/C=C\C/C=C\CCCCC. The summed E-state index contributed by atoms with van der Waals surface area (Å²) in [5.74, 6) is -0.931. The number of esters is 3. The number of ether oxygens (including phenoxy) is 3. The van der Waals surface area contributed by atoms with E-state index in [1.54, 1.807) is 0 Å². The highest BCUT2D eigenvalue weighted by molar-refractivity contribution is 5.71. The van der Waals surface area contributed by atoms with Crippen LogP contribution in [0.15, 0.2) is 85.1 Å². The van der Waals surface area contributed by atoms with Gasteiger partial charge in [-0.3, -0.25) is 14.4 Å². The summed E-state index contributed by atoms with van der Waals surface area (Å²) in [7, 11) is 0. The highest BCUT2D eigenvalue weighted by Crippen LogP contribution is 2.16. The van der Waals surface area contributed by atoms with Gasteiger partial charge in [-0.1, -0.05) is 247 Å². The highest BCUT2D eigenvalue weighted by Gasteiger charge is 2.19. The van der Waals surface area contributed by atoms with E-state index in [4.69, 9.17) is 14.2 Å². The molecule has 0 fully saturated rings. The molecular weight excluding hydrogens is 853 g/mol. The fourth-order valence-electron chi connectivity index (χ4n) is 8.03. The van der Waals surface area contributed by atoms with Crippen molar-refractivity contribution in [1.82, 2.24) is 0 Å². The van der Waals surface area contributed by atoms with Gasteiger partial charge in [0.15, 0.2) is 6.10 Å². The molecule has 0 aliphatic rings. The number of rotatable bonds is 52. The third kappa shape index (κ3) is 55.4. The van der Waals surface area contributed by atoms with Gasteiger partial charge in [0, 0.05) is 19.3 Å². The predicted octanol–water partition coefficient (Wildman–Crippen LogP) is 19.5. The van der Waals surface area contributed by atoms with E-state index in [2.05, 4.69) is 106 Å². The van der Waals surface area contributed by atoms with Crippen molar-refractivity contribution in [2.45, 2.75) is 284 Å². The lowest BCUT2D eigenvalue weighted by Gasteiger charge is -2.18. The maximum Gasteiger partial charge on any atom is 0.306 e. The topological polar surface area (TPSA) is 78.9 Å². The average Bonchev–Trinajstić information content (AvgIpc) is 3.35. The van der Waals surface area contributed by atoms with Crippen LogP contribution in [0.25, 0.3) is 0 Å². The predicted molar refractivity (Wildman–Crippen MR) is 297 cm³/mol. The number of hydrogen-bond donors (Lipinski definition) is 0. The quantitative estimate of drug-likeness (QED) is 0.0262. The van der Waals surface area contributed by atoms with Crippen LogP contribution < -0.4 is 0 Å². The molecule has 0 rings (SSSR count). The highest BCUT2D eigenvalue weighted by atomic mass is 16.6. The third-order valence-electron chi connectivity index (χ3n) is 12.4. The van der Waals surface area contributed by atoms with Crippen LogP contribution in [0.2, 0.25) is 0 Å². The lowest BCUT2D eigenvalue weighted by molar-refractivity contribution is -0.167. The van der Waals surface area contributed by atoms with Gasteiger partial charge in [-0.15, -0.1) is 0 Å². The van der Waals surface area contributed by atoms with Gasteiger partial charge in [0.1, 0.15) is 13.2 Å². The first-order valence-electron chi connectivity index (χ1n) is 29.1. The fraction of sp³-hybridized carbons (Fsp3) is 0.730. The summed E-state index contributed by atoms with van der Waals surface area (Å²) in [5, 5.41) is 0. The van der Waals surface area contributed by atoms with Crippen LogP contribution in [0.5, 0.6) is 0 Å². The van der Waals surface area contributed by atoms with Gasteiger partial charge < -0.3 is 14.2 Å². The summed E-state index contributed by atoms with van der Waals surface area (Å²) in [6, 6.07) is 0. The van der Waals surface area contributed by atoms with Crippen molar-refractivity contribution in [2.75, 3.05) is 13.2 Å². The Labute approximate surface area is 426 Å². The minimum Gasteiger partial charge on any atom is -0.462 e. The summed E-state index contributed by atoms with van der Waals surface area (Å²) in [6.45, 7) is 6.48. The first-order chi connectivity index (χ1) is 34.0. The zero-order valence-corrected chi connectivity index (χ0v) is 45.3. The molecule has 0 amide bonds. The van der Waals surface area contributed by atoms with Gasteiger partial charge in [0.2, 0.25) is 0 Å². The van der Waals surface area contributed by atoms with E-state index in [0.717, 1.165) is 122 Å². The van der Waals surface area contributed by atoms with E-state index in [0.29, 0.717) is 19.3 Å². The van der Waals surface area contributed by atoms with Crippen molar-refractivity contribution >= 4 is 17.9 Å². The molecule has 0 heterocycles. The molecule has 0 spiro atoms. The summed E-state index contributed by atoms with van der Waals surface area (Å²) in [5.41, 5.74) is 0. The molecule has 0 N–H and O–H groups in total. The van der Waals surface area contributed by atoms with Gasteiger partial charge in [0.25, 0.3) is 0 Å². The van der Waals surface area contributed by atoms with E-state index < -0.39 is 6.10 Å². The van der Waals surface area contributed by atoms with Crippen molar-refractivity contribution < 1.29 is 28.6 Å². The van der Waals surface area contributed by atoms with Crippen LogP contribution in [0, 0.1) is 0 Å². The number of carbonyl (C=O) groups is 3. The molecule has 396 valence electrons. The Balaban J connectivity index is 4.44. The molecule has 0 bridgehead atoms. The fourth-order valence-corrected chi connectivity index (χ4v) is 8.03. The molecule has 0 unspecified atom stereocenters. The van der Waals surface area contributed by atoms with Crippen LogP contribution >= 0.6 is 0 Å². The lowest BCUT2D eigenvalue weighted by Crippen LogP contribution is -2.30. The second-order valence-electron chi connectivity index (χ2n) is 19.2. The van der Waals surface area contributed by atoms with Crippen molar-refractivity contribution in [1.29, 1.82) is 0 Å². The zero-order valence-electron chi connectivity index (χ0n) is 45.3. The lowest BCUT2D eigenvalue weighted by atomic mass is 10.0. The van der Waals surface area contributed by atoms with Gasteiger partial charge in [0.05, 0.1) is 0 Å². The molecule has 0 saturated carbocycles. The van der Waals surface area contributed by atoms with Gasteiger partial charge in [-0.05, 0) is 96.3 Å². The molecule has 6 heteroatoms. The molecule has 0 aromatic heterocycles. The maximum absolute atomic E-state index is 12.8. The molecule has 0 aromatic rings. The van der Waals surface area contributed by atoms with Gasteiger partial charge in [-0.25, -0.2) is 0 Å². The molecule has 6 nitrogen and oxygen atoms in total. The monoisotopic (exact) mass is 961 g/mol. The Morgan fingerprint density at radius 1 is 0.304 bits per heavy atom. The summed E-state index contributed by atoms with van der Waals surface area (Å²) in [4.78, 5) is 38.2. The van der Waals surface area contributed by atoms with Gasteiger partial charge in [-0.2, -0.15) is 0 Å². The molecule has 0 aliphatic heterocycles. The Kier molecular flexibility index (Phi) is 54.3. The first-order valence-corrected chi connectivity index (χ1v) is 29.1. The van der Waals surface area contributed by atoms with E-state index in [9.17, 15) is 14.4 Å². The smallest absolute Gasteiger partial charge is 0.306 e. The standard InChI is InChI=1S/C63H108O6/c1-4-7-10-13-16-19-22-25-28-30-31-33-36-38-41-44-47-50-53-56-62(65)68-59-60(69-63(66)57-54-51-48-45-42-39-34-27-24-21-18-15-12-9-6-3)58-67-61(64)55-52-49-46-43-40-37-35-32-29-26-23-20-17-14-11-8-5-2/h7,10,16,18-19,21,25,27-28,31,33-34,38,41,60H,4-6,8-9,11-15,17,20,22-24,26,29-30,32,35-37,39-40,42-59H2,1-3H3/b10-7-,19-16-,21-18-,28-25-,33-31-,34-27-,41-38-/t60-/m0/s1. The maximum atomic E-state index is 12.8. The second-order valence-corrected chi connectivity index (χ2v) is 19.2. The Morgan fingerprint density at radius 3 is 0.928 bits per heavy atom. The molecular formula is C63H108O6. The summed E-state index contributed by atoms with van der Waals surface area (Å²) in [6.07, 6.45) is 74.3. The number of hydrogen-bond acceptors (Lipinski definition) is 6. The second kappa shape index (κ2) is 57.2. The van der Waals surface area contributed by atoms with E-state index >= 15 is 0 Å². The van der Waals surface area contributed by atoms with E-state index in [1.807, 2.05) is 0 Å². The molecule has 0 saturated heterocycles. The average molecular weight is 962 g/mol. The normalized spacial score (nSPS) is 12.7.